The lowest BCUT2D eigenvalue weighted by Crippen LogP contribution is -1.98. The second-order valence-corrected chi connectivity index (χ2v) is 4.10. The van der Waals surface area contributed by atoms with Gasteiger partial charge in [-0.05, 0) is 48.9 Å². The number of aryl methyl sites for hydroxylation is 1. The summed E-state index contributed by atoms with van der Waals surface area (Å²) < 4.78 is 0. The second-order valence-electron chi connectivity index (χ2n) is 4.10. The van der Waals surface area contributed by atoms with Crippen LogP contribution in [0.5, 0.6) is 0 Å². The molecule has 0 heterocycles. The Labute approximate surface area is 110 Å². The molecule has 0 radical (unpaired) electrons. The van der Waals surface area contributed by atoms with E-state index in [2.05, 4.69) is 10.2 Å². The van der Waals surface area contributed by atoms with E-state index in [-0.39, 0.29) is 5.56 Å². The van der Waals surface area contributed by atoms with Gasteiger partial charge < -0.3 is 10.8 Å². The highest BCUT2D eigenvalue weighted by atomic mass is 16.4. The number of nitrogen functional groups attached to an aromatic ring is 1. The first kappa shape index (κ1) is 12.8. The van der Waals surface area contributed by atoms with Crippen molar-refractivity contribution < 1.29 is 9.90 Å². The molecule has 2 rings (SSSR count). The summed E-state index contributed by atoms with van der Waals surface area (Å²) in [7, 11) is 0. The Kier molecular flexibility index (Phi) is 3.56. The number of nitrogens with two attached hydrogens (primary N) is 1. The number of carbonyl (C=O) groups is 1. The zero-order chi connectivity index (χ0) is 13.8. The predicted octanol–water partition coefficient (Wildman–Crippen LogP) is 3.69. The van der Waals surface area contributed by atoms with Gasteiger partial charge in [-0.2, -0.15) is 10.2 Å². The lowest BCUT2D eigenvalue weighted by molar-refractivity contribution is 0.0696. The minimum Gasteiger partial charge on any atom is -0.478 e. The van der Waals surface area contributed by atoms with Crippen LogP contribution in [-0.4, -0.2) is 11.1 Å². The molecule has 0 bridgehead atoms. The van der Waals surface area contributed by atoms with Gasteiger partial charge in [0.1, 0.15) is 0 Å². The number of rotatable bonds is 3. The molecule has 3 N–H and O–H groups in total. The minimum atomic E-state index is -0.970. The van der Waals surface area contributed by atoms with Crippen molar-refractivity contribution >= 4 is 23.0 Å². The maximum Gasteiger partial charge on any atom is 0.336 e. The molecule has 2 aromatic rings. The molecule has 0 aliphatic rings. The van der Waals surface area contributed by atoms with Gasteiger partial charge in [0, 0.05) is 5.69 Å². The van der Waals surface area contributed by atoms with E-state index >= 15 is 0 Å². The highest BCUT2D eigenvalue weighted by Gasteiger charge is 2.07. The van der Waals surface area contributed by atoms with E-state index in [1.165, 1.54) is 6.07 Å². The van der Waals surface area contributed by atoms with Gasteiger partial charge >= 0.3 is 5.97 Å². The van der Waals surface area contributed by atoms with E-state index in [9.17, 15) is 4.79 Å². The molecule has 0 aliphatic heterocycles. The third kappa shape index (κ3) is 3.16. The quantitative estimate of drug-likeness (QED) is 0.647. The minimum absolute atomic E-state index is 0.230. The van der Waals surface area contributed by atoms with Crippen molar-refractivity contribution in [3.8, 4) is 0 Å². The van der Waals surface area contributed by atoms with Crippen LogP contribution in [-0.2, 0) is 0 Å². The molecule has 19 heavy (non-hydrogen) atoms. The van der Waals surface area contributed by atoms with Crippen molar-refractivity contribution in [2.24, 2.45) is 10.2 Å². The van der Waals surface area contributed by atoms with Crippen LogP contribution < -0.4 is 5.73 Å². The van der Waals surface area contributed by atoms with Gasteiger partial charge in [0.2, 0.25) is 0 Å². The molecule has 0 aliphatic carbocycles. The summed E-state index contributed by atoms with van der Waals surface area (Å²) in [6.45, 7) is 1.74. The van der Waals surface area contributed by atoms with Crippen molar-refractivity contribution in [1.29, 1.82) is 0 Å². The molecule has 0 fully saturated rings. The van der Waals surface area contributed by atoms with Gasteiger partial charge in [-0.25, -0.2) is 4.79 Å². The third-order valence-electron chi connectivity index (χ3n) is 2.63. The summed E-state index contributed by atoms with van der Waals surface area (Å²) in [6.07, 6.45) is 0. The van der Waals surface area contributed by atoms with Crippen LogP contribution in [0, 0.1) is 6.92 Å². The zero-order valence-electron chi connectivity index (χ0n) is 10.4. The first-order valence-corrected chi connectivity index (χ1v) is 5.67. The molecule has 5 heteroatoms. The van der Waals surface area contributed by atoms with Crippen molar-refractivity contribution in [2.45, 2.75) is 6.92 Å². The Balaban J connectivity index is 2.26. The lowest BCUT2D eigenvalue weighted by atomic mass is 10.1. The van der Waals surface area contributed by atoms with E-state index in [0.29, 0.717) is 22.6 Å². The molecule has 0 unspecified atom stereocenters. The molecule has 2 aromatic carbocycles. The molecule has 5 nitrogen and oxygen atoms in total. The van der Waals surface area contributed by atoms with Crippen molar-refractivity contribution in [3.05, 3.63) is 53.6 Å². The van der Waals surface area contributed by atoms with E-state index < -0.39 is 5.97 Å². The van der Waals surface area contributed by atoms with Crippen LogP contribution >= 0.6 is 0 Å². The van der Waals surface area contributed by atoms with Crippen LogP contribution in [0.2, 0.25) is 0 Å². The maximum absolute atomic E-state index is 11.0. The summed E-state index contributed by atoms with van der Waals surface area (Å²) in [5.41, 5.74) is 8.30. The molecule has 0 aromatic heterocycles. The number of anilines is 1. The molecule has 96 valence electrons. The molecular formula is C14H13N3O2. The normalized spacial score (nSPS) is 10.8. The Bertz CT molecular complexity index is 634. The zero-order valence-corrected chi connectivity index (χ0v) is 10.4. The second kappa shape index (κ2) is 5.30. The molecule has 0 amide bonds. The first-order valence-electron chi connectivity index (χ1n) is 5.67. The summed E-state index contributed by atoms with van der Waals surface area (Å²) in [6, 6.07) is 11.9. The number of aromatic carboxylic acids is 1. The van der Waals surface area contributed by atoms with Crippen LogP contribution in [0.1, 0.15) is 15.9 Å². The van der Waals surface area contributed by atoms with Gasteiger partial charge in [-0.1, -0.05) is 6.07 Å². The molecule has 0 atom stereocenters. The molecule has 0 spiro atoms. The topological polar surface area (TPSA) is 88.0 Å². The van der Waals surface area contributed by atoms with Crippen molar-refractivity contribution in [2.75, 3.05) is 5.73 Å². The first-order chi connectivity index (χ1) is 9.06. The highest BCUT2D eigenvalue weighted by molar-refractivity contribution is 5.90. The monoisotopic (exact) mass is 255 g/mol. The van der Waals surface area contributed by atoms with Gasteiger partial charge in [-0.15, -0.1) is 0 Å². The SMILES string of the molecule is Cc1ccc(N=Nc2ccc(N)cc2)cc1C(=O)O. The third-order valence-corrected chi connectivity index (χ3v) is 2.63. The number of hydrogen-bond acceptors (Lipinski definition) is 4. The van der Waals surface area contributed by atoms with Crippen LogP contribution in [0.4, 0.5) is 17.1 Å². The number of nitrogens with zero attached hydrogens (tertiary/aromatic N) is 2. The standard InChI is InChI=1S/C14H13N3O2/c1-9-2-5-12(8-13(9)14(18)19)17-16-11-6-3-10(15)4-7-11/h2-8H,15H2,1H3,(H,18,19). The number of carboxylic acid groups (broad SMARTS) is 1. The Hall–Kier alpha value is -2.69. The Morgan fingerprint density at radius 1 is 1.05 bits per heavy atom. The summed E-state index contributed by atoms with van der Waals surface area (Å²) >= 11 is 0. The van der Waals surface area contributed by atoms with Gasteiger partial charge in [-0.3, -0.25) is 0 Å². The Morgan fingerprint density at radius 2 is 1.63 bits per heavy atom. The number of carboxylic acids is 1. The number of benzene rings is 2. The maximum atomic E-state index is 11.0. The van der Waals surface area contributed by atoms with Crippen molar-refractivity contribution in [1.82, 2.24) is 0 Å². The summed E-state index contributed by atoms with van der Waals surface area (Å²) in [5, 5.41) is 17.1. The van der Waals surface area contributed by atoms with Gasteiger partial charge in [0.15, 0.2) is 0 Å². The fraction of sp³-hybridized carbons (Fsp3) is 0.0714. The Morgan fingerprint density at radius 3 is 2.26 bits per heavy atom. The van der Waals surface area contributed by atoms with Crippen molar-refractivity contribution in [3.63, 3.8) is 0 Å². The molecule has 0 saturated heterocycles. The largest absolute Gasteiger partial charge is 0.478 e. The van der Waals surface area contributed by atoms with Crippen LogP contribution in [0.15, 0.2) is 52.7 Å². The summed E-state index contributed by atoms with van der Waals surface area (Å²) in [5.74, 6) is -0.970. The predicted molar refractivity (Wildman–Crippen MR) is 73.2 cm³/mol. The fourth-order valence-electron chi connectivity index (χ4n) is 1.56. The lowest BCUT2D eigenvalue weighted by Gasteiger charge is -2.01. The highest BCUT2D eigenvalue weighted by Crippen LogP contribution is 2.21. The van der Waals surface area contributed by atoms with E-state index in [4.69, 9.17) is 10.8 Å². The van der Waals surface area contributed by atoms with E-state index in [1.807, 2.05) is 0 Å². The van der Waals surface area contributed by atoms with Crippen LogP contribution in [0.25, 0.3) is 0 Å². The van der Waals surface area contributed by atoms with E-state index in [1.54, 1.807) is 43.3 Å². The molecule has 0 saturated carbocycles. The molecular weight excluding hydrogens is 242 g/mol. The average Bonchev–Trinajstić information content (AvgIpc) is 2.39. The van der Waals surface area contributed by atoms with E-state index in [0.717, 1.165) is 0 Å². The van der Waals surface area contributed by atoms with Gasteiger partial charge in [0.05, 0.1) is 16.9 Å². The number of hydrogen-bond donors (Lipinski definition) is 2. The fourth-order valence-corrected chi connectivity index (χ4v) is 1.56. The number of azo groups is 1. The van der Waals surface area contributed by atoms with Gasteiger partial charge in [0.25, 0.3) is 0 Å². The average molecular weight is 255 g/mol. The summed E-state index contributed by atoms with van der Waals surface area (Å²) in [4.78, 5) is 11.0. The van der Waals surface area contributed by atoms with Crippen LogP contribution in [0.3, 0.4) is 0 Å². The smallest absolute Gasteiger partial charge is 0.336 e.